The van der Waals surface area contributed by atoms with E-state index in [2.05, 4.69) is 19.6 Å². The summed E-state index contributed by atoms with van der Waals surface area (Å²) in [7, 11) is 0. The number of aromatic nitrogens is 5. The lowest BCUT2D eigenvalue weighted by molar-refractivity contribution is 0.518. The molecule has 6 nitrogen and oxygen atoms in total. The van der Waals surface area contributed by atoms with Gasteiger partial charge in [0.05, 0.1) is 12.6 Å². The smallest absolute Gasteiger partial charge is 0.166 e. The Bertz CT molecular complexity index is 455. The van der Waals surface area contributed by atoms with Crippen molar-refractivity contribution in [2.24, 2.45) is 5.73 Å². The van der Waals surface area contributed by atoms with E-state index >= 15 is 0 Å². The molecular formula is C10H16N6. The summed E-state index contributed by atoms with van der Waals surface area (Å²) >= 11 is 0. The number of hydrogen-bond acceptors (Lipinski definition) is 4. The van der Waals surface area contributed by atoms with Gasteiger partial charge in [-0.25, -0.2) is 9.97 Å². The van der Waals surface area contributed by atoms with Gasteiger partial charge >= 0.3 is 0 Å². The molecule has 6 heteroatoms. The van der Waals surface area contributed by atoms with Crippen LogP contribution in [0.3, 0.4) is 0 Å². The van der Waals surface area contributed by atoms with Gasteiger partial charge in [0.1, 0.15) is 12.2 Å². The molecule has 1 atom stereocenters. The standard InChI is InChI=1S/C10H16N6/c1-8(11)10-13-7-16(14-10)6-5-15-4-3-12-9(15)2/h3-4,7-8H,5-6,11H2,1-2H3. The minimum atomic E-state index is -0.115. The van der Waals surface area contributed by atoms with Gasteiger partial charge in [-0.3, -0.25) is 4.68 Å². The van der Waals surface area contributed by atoms with Crippen LogP contribution < -0.4 is 5.73 Å². The summed E-state index contributed by atoms with van der Waals surface area (Å²) in [5, 5.41) is 4.29. The van der Waals surface area contributed by atoms with E-state index in [1.807, 2.05) is 20.0 Å². The Hall–Kier alpha value is -1.69. The predicted molar refractivity (Wildman–Crippen MR) is 59.6 cm³/mol. The van der Waals surface area contributed by atoms with Crippen molar-refractivity contribution < 1.29 is 0 Å². The molecule has 1 unspecified atom stereocenters. The maximum Gasteiger partial charge on any atom is 0.166 e. The van der Waals surface area contributed by atoms with Crippen LogP contribution in [-0.2, 0) is 13.1 Å². The molecule has 0 spiro atoms. The van der Waals surface area contributed by atoms with Crippen LogP contribution in [0, 0.1) is 6.92 Å². The fourth-order valence-electron chi connectivity index (χ4n) is 1.48. The first kappa shape index (κ1) is 10.8. The number of hydrogen-bond donors (Lipinski definition) is 1. The molecule has 0 aliphatic heterocycles. The Morgan fingerprint density at radius 3 is 2.75 bits per heavy atom. The molecule has 2 rings (SSSR count). The SMILES string of the molecule is Cc1nccn1CCn1cnc(C(C)N)n1. The third-order valence-electron chi connectivity index (χ3n) is 2.46. The highest BCUT2D eigenvalue weighted by Crippen LogP contribution is 2.01. The van der Waals surface area contributed by atoms with Gasteiger partial charge in [-0.05, 0) is 13.8 Å². The molecule has 2 heterocycles. The molecule has 2 aromatic heterocycles. The van der Waals surface area contributed by atoms with Gasteiger partial charge in [0.25, 0.3) is 0 Å². The minimum absolute atomic E-state index is 0.115. The number of rotatable bonds is 4. The summed E-state index contributed by atoms with van der Waals surface area (Å²) in [6.45, 7) is 5.47. The Morgan fingerprint density at radius 2 is 2.19 bits per heavy atom. The van der Waals surface area contributed by atoms with E-state index in [1.165, 1.54) is 0 Å². The van der Waals surface area contributed by atoms with Crippen molar-refractivity contribution >= 4 is 0 Å². The molecule has 2 N–H and O–H groups in total. The van der Waals surface area contributed by atoms with E-state index in [9.17, 15) is 0 Å². The van der Waals surface area contributed by atoms with Crippen LogP contribution in [0.2, 0.25) is 0 Å². The molecule has 0 bridgehead atoms. The van der Waals surface area contributed by atoms with E-state index < -0.39 is 0 Å². The molecule has 0 fully saturated rings. The van der Waals surface area contributed by atoms with Gasteiger partial charge < -0.3 is 10.3 Å². The molecule has 0 aliphatic rings. The number of aryl methyl sites for hydroxylation is 3. The van der Waals surface area contributed by atoms with Crippen LogP contribution in [0.25, 0.3) is 0 Å². The second-order valence-corrected chi connectivity index (χ2v) is 3.82. The van der Waals surface area contributed by atoms with E-state index in [-0.39, 0.29) is 6.04 Å². The third kappa shape index (κ3) is 2.27. The number of nitrogens with two attached hydrogens (primary N) is 1. The summed E-state index contributed by atoms with van der Waals surface area (Å²) in [5.41, 5.74) is 5.69. The lowest BCUT2D eigenvalue weighted by Gasteiger charge is -2.04. The first-order chi connectivity index (χ1) is 7.66. The normalized spacial score (nSPS) is 12.9. The summed E-state index contributed by atoms with van der Waals surface area (Å²) in [4.78, 5) is 8.30. The molecule has 0 amide bonds. The maximum atomic E-state index is 5.69. The van der Waals surface area contributed by atoms with Crippen LogP contribution in [0.1, 0.15) is 24.6 Å². The molecule has 0 saturated heterocycles. The summed E-state index contributed by atoms with van der Waals surface area (Å²) in [6.07, 6.45) is 5.47. The molecule has 16 heavy (non-hydrogen) atoms. The van der Waals surface area contributed by atoms with E-state index in [0.29, 0.717) is 5.82 Å². The number of imidazole rings is 1. The lowest BCUT2D eigenvalue weighted by atomic mass is 10.4. The van der Waals surface area contributed by atoms with Crippen molar-refractivity contribution in [2.45, 2.75) is 33.0 Å². The van der Waals surface area contributed by atoms with Gasteiger partial charge in [-0.1, -0.05) is 0 Å². The topological polar surface area (TPSA) is 74.5 Å². The zero-order chi connectivity index (χ0) is 11.5. The third-order valence-corrected chi connectivity index (χ3v) is 2.46. The van der Waals surface area contributed by atoms with Crippen molar-refractivity contribution in [3.05, 3.63) is 30.4 Å². The summed E-state index contributed by atoms with van der Waals surface area (Å²) < 4.78 is 3.88. The Kier molecular flexibility index (Phi) is 3.00. The van der Waals surface area contributed by atoms with Crippen molar-refractivity contribution in [1.82, 2.24) is 24.3 Å². The molecule has 86 valence electrons. The first-order valence-electron chi connectivity index (χ1n) is 5.29. The van der Waals surface area contributed by atoms with Gasteiger partial charge in [-0.15, -0.1) is 0 Å². The van der Waals surface area contributed by atoms with Crippen LogP contribution in [0.5, 0.6) is 0 Å². The zero-order valence-electron chi connectivity index (χ0n) is 9.54. The fraction of sp³-hybridized carbons (Fsp3) is 0.500. The first-order valence-corrected chi connectivity index (χ1v) is 5.29. The molecule has 0 aliphatic carbocycles. The summed E-state index contributed by atoms with van der Waals surface area (Å²) in [5.74, 6) is 1.69. The Balaban J connectivity index is 1.97. The van der Waals surface area contributed by atoms with Gasteiger partial charge in [0.15, 0.2) is 5.82 Å². The van der Waals surface area contributed by atoms with E-state index in [4.69, 9.17) is 5.73 Å². The molecular weight excluding hydrogens is 204 g/mol. The quantitative estimate of drug-likeness (QED) is 0.814. The van der Waals surface area contributed by atoms with Gasteiger partial charge in [0.2, 0.25) is 0 Å². The highest BCUT2D eigenvalue weighted by Gasteiger charge is 2.05. The van der Waals surface area contributed by atoms with Crippen LogP contribution in [-0.4, -0.2) is 24.3 Å². The van der Waals surface area contributed by atoms with E-state index in [1.54, 1.807) is 17.2 Å². The monoisotopic (exact) mass is 220 g/mol. The predicted octanol–water partition coefficient (Wildman–Crippen LogP) is 0.503. The van der Waals surface area contributed by atoms with Gasteiger partial charge in [0, 0.05) is 18.9 Å². The van der Waals surface area contributed by atoms with Crippen LogP contribution in [0.4, 0.5) is 0 Å². The van der Waals surface area contributed by atoms with Crippen LogP contribution >= 0.6 is 0 Å². The van der Waals surface area contributed by atoms with Crippen molar-refractivity contribution in [1.29, 1.82) is 0 Å². The fourth-order valence-corrected chi connectivity index (χ4v) is 1.48. The van der Waals surface area contributed by atoms with Crippen LogP contribution in [0.15, 0.2) is 18.7 Å². The maximum absolute atomic E-state index is 5.69. The Morgan fingerprint density at radius 1 is 1.38 bits per heavy atom. The highest BCUT2D eigenvalue weighted by molar-refractivity contribution is 4.89. The second-order valence-electron chi connectivity index (χ2n) is 3.82. The number of nitrogens with zero attached hydrogens (tertiary/aromatic N) is 5. The van der Waals surface area contributed by atoms with E-state index in [0.717, 1.165) is 18.9 Å². The van der Waals surface area contributed by atoms with Crippen molar-refractivity contribution in [2.75, 3.05) is 0 Å². The lowest BCUT2D eigenvalue weighted by Crippen LogP contribution is -2.11. The zero-order valence-corrected chi connectivity index (χ0v) is 9.54. The van der Waals surface area contributed by atoms with Gasteiger partial charge in [-0.2, -0.15) is 5.10 Å². The highest BCUT2D eigenvalue weighted by atomic mass is 15.3. The minimum Gasteiger partial charge on any atom is -0.333 e. The summed E-state index contributed by atoms with van der Waals surface area (Å²) in [6, 6.07) is -0.115. The average Bonchev–Trinajstić information content (AvgIpc) is 2.83. The van der Waals surface area contributed by atoms with Crippen molar-refractivity contribution in [3.8, 4) is 0 Å². The molecule has 0 saturated carbocycles. The average molecular weight is 220 g/mol. The molecule has 0 aromatic carbocycles. The molecule has 2 aromatic rings. The second kappa shape index (κ2) is 4.44. The molecule has 0 radical (unpaired) electrons. The Labute approximate surface area is 94.1 Å². The largest absolute Gasteiger partial charge is 0.333 e. The van der Waals surface area contributed by atoms with Crippen molar-refractivity contribution in [3.63, 3.8) is 0 Å².